The molecule has 0 radical (unpaired) electrons. The summed E-state index contributed by atoms with van der Waals surface area (Å²) in [6.07, 6.45) is 0. The molecule has 0 amide bonds. The number of nitrogens with zero attached hydrogens (tertiary/aromatic N) is 2. The van der Waals surface area contributed by atoms with Gasteiger partial charge in [0.2, 0.25) is 0 Å². The Labute approximate surface area is 294 Å². The average molecular weight is 649 g/mol. The van der Waals surface area contributed by atoms with Crippen molar-refractivity contribution >= 4 is 43.5 Å². The number of rotatable bonds is 4. The minimum absolute atomic E-state index is 0.698. The van der Waals surface area contributed by atoms with Gasteiger partial charge in [-0.05, 0) is 79.2 Å². The maximum atomic E-state index is 6.42. The van der Waals surface area contributed by atoms with Gasteiger partial charge >= 0.3 is 0 Å². The molecule has 2 aromatic heterocycles. The third-order valence-electron chi connectivity index (χ3n) is 10.4. The molecule has 11 rings (SSSR count). The fourth-order valence-corrected chi connectivity index (χ4v) is 8.05. The van der Waals surface area contributed by atoms with Crippen LogP contribution in [0.4, 0.5) is 0 Å². The molecule has 1 aliphatic rings. The van der Waals surface area contributed by atoms with Gasteiger partial charge in [0.15, 0.2) is 5.82 Å². The zero-order chi connectivity index (χ0) is 33.5. The molecular formula is C48H28N2O. The highest BCUT2D eigenvalue weighted by atomic mass is 16.3. The van der Waals surface area contributed by atoms with Crippen molar-refractivity contribution in [2.75, 3.05) is 0 Å². The van der Waals surface area contributed by atoms with Crippen molar-refractivity contribution in [2.45, 2.75) is 0 Å². The van der Waals surface area contributed by atoms with Crippen molar-refractivity contribution in [3.8, 4) is 67.3 Å². The second-order valence-corrected chi connectivity index (χ2v) is 13.3. The molecule has 3 nitrogen and oxygen atoms in total. The Morgan fingerprint density at radius 3 is 1.84 bits per heavy atom. The van der Waals surface area contributed by atoms with E-state index in [1.165, 1.54) is 60.3 Å². The molecular weight excluding hydrogens is 621 g/mol. The first kappa shape index (κ1) is 28.0. The molecule has 0 fully saturated rings. The lowest BCUT2D eigenvalue weighted by Crippen LogP contribution is -1.96. The number of furan rings is 1. The number of hydrogen-bond donors (Lipinski definition) is 0. The Balaban J connectivity index is 1.06. The van der Waals surface area contributed by atoms with E-state index in [9.17, 15) is 0 Å². The predicted molar refractivity (Wildman–Crippen MR) is 210 cm³/mol. The number of aromatic nitrogens is 2. The number of fused-ring (bicyclic) bond motifs is 8. The third-order valence-corrected chi connectivity index (χ3v) is 10.4. The van der Waals surface area contributed by atoms with Crippen molar-refractivity contribution in [2.24, 2.45) is 0 Å². The van der Waals surface area contributed by atoms with Crippen molar-refractivity contribution in [1.82, 2.24) is 9.97 Å². The lowest BCUT2D eigenvalue weighted by Gasteiger charge is -2.12. The van der Waals surface area contributed by atoms with Gasteiger partial charge in [0.25, 0.3) is 0 Å². The molecule has 51 heavy (non-hydrogen) atoms. The van der Waals surface area contributed by atoms with Crippen molar-refractivity contribution < 1.29 is 4.42 Å². The highest BCUT2D eigenvalue weighted by molar-refractivity contribution is 6.28. The van der Waals surface area contributed by atoms with Gasteiger partial charge < -0.3 is 4.42 Å². The van der Waals surface area contributed by atoms with E-state index in [4.69, 9.17) is 14.4 Å². The minimum Gasteiger partial charge on any atom is -0.456 e. The van der Waals surface area contributed by atoms with Crippen LogP contribution < -0.4 is 0 Å². The van der Waals surface area contributed by atoms with Gasteiger partial charge in [0.1, 0.15) is 11.2 Å². The van der Waals surface area contributed by atoms with Crippen molar-refractivity contribution in [3.63, 3.8) is 0 Å². The van der Waals surface area contributed by atoms with Crippen LogP contribution >= 0.6 is 0 Å². The van der Waals surface area contributed by atoms with Gasteiger partial charge in [-0.3, -0.25) is 0 Å². The molecule has 8 aromatic carbocycles. The van der Waals surface area contributed by atoms with E-state index in [2.05, 4.69) is 152 Å². The number of hydrogen-bond acceptors (Lipinski definition) is 3. The SMILES string of the molecule is c1ccc(-c2cc(-c3ccc(-c4cccc5ccccc45)cc3)nc(-c3ccc4c(c3)-c3cc5oc6ccccc6c5c5cccc-4c35)n2)cc1. The summed E-state index contributed by atoms with van der Waals surface area (Å²) in [5, 5.41) is 7.31. The summed E-state index contributed by atoms with van der Waals surface area (Å²) in [6.45, 7) is 0. The molecule has 2 heterocycles. The highest BCUT2D eigenvalue weighted by Crippen LogP contribution is 2.51. The van der Waals surface area contributed by atoms with Gasteiger partial charge in [0.05, 0.1) is 11.4 Å². The van der Waals surface area contributed by atoms with Gasteiger partial charge in [0, 0.05) is 27.5 Å². The van der Waals surface area contributed by atoms with Crippen LogP contribution in [0.2, 0.25) is 0 Å². The van der Waals surface area contributed by atoms with Gasteiger partial charge in [-0.2, -0.15) is 0 Å². The zero-order valence-electron chi connectivity index (χ0n) is 27.5. The standard InChI is InChI=1S/C48H28N2O/c1-2-11-31(12-3-1)42-28-43(32-22-20-30(21-23-32)35-16-8-13-29-10-4-5-14-34(29)35)50-48(49-42)33-24-25-36-37-17-9-18-39-46(37)41(40(36)26-33)27-45-47(39)38-15-6-7-19-44(38)51-45/h1-28H. The van der Waals surface area contributed by atoms with E-state index in [1.807, 2.05) is 18.2 Å². The molecule has 0 spiro atoms. The van der Waals surface area contributed by atoms with Crippen LogP contribution in [0, 0.1) is 0 Å². The van der Waals surface area contributed by atoms with Crippen LogP contribution in [0.5, 0.6) is 0 Å². The van der Waals surface area contributed by atoms with Crippen LogP contribution in [0.1, 0.15) is 0 Å². The van der Waals surface area contributed by atoms with E-state index in [-0.39, 0.29) is 0 Å². The molecule has 10 aromatic rings. The topological polar surface area (TPSA) is 38.9 Å². The normalized spacial score (nSPS) is 11.9. The third kappa shape index (κ3) is 4.32. The fourth-order valence-electron chi connectivity index (χ4n) is 8.05. The Morgan fingerprint density at radius 1 is 0.333 bits per heavy atom. The van der Waals surface area contributed by atoms with Gasteiger partial charge in [-0.15, -0.1) is 0 Å². The van der Waals surface area contributed by atoms with Crippen molar-refractivity contribution in [1.29, 1.82) is 0 Å². The summed E-state index contributed by atoms with van der Waals surface area (Å²) in [6, 6.07) is 60.1. The average Bonchev–Trinajstić information content (AvgIpc) is 3.74. The maximum absolute atomic E-state index is 6.42. The van der Waals surface area contributed by atoms with Crippen LogP contribution in [0.25, 0.3) is 111 Å². The minimum atomic E-state index is 0.698. The van der Waals surface area contributed by atoms with Crippen LogP contribution in [0.3, 0.4) is 0 Å². The lowest BCUT2D eigenvalue weighted by atomic mass is 9.97. The summed E-state index contributed by atoms with van der Waals surface area (Å²) in [5.41, 5.74) is 13.9. The first-order chi connectivity index (χ1) is 25.3. The molecule has 0 saturated heterocycles. The largest absolute Gasteiger partial charge is 0.456 e. The second-order valence-electron chi connectivity index (χ2n) is 13.3. The Hall–Kier alpha value is -6.84. The van der Waals surface area contributed by atoms with Crippen LogP contribution in [-0.2, 0) is 0 Å². The molecule has 0 unspecified atom stereocenters. The van der Waals surface area contributed by atoms with Gasteiger partial charge in [-0.25, -0.2) is 9.97 Å². The highest BCUT2D eigenvalue weighted by Gasteiger charge is 2.25. The Morgan fingerprint density at radius 2 is 0.980 bits per heavy atom. The maximum Gasteiger partial charge on any atom is 0.160 e. The lowest BCUT2D eigenvalue weighted by molar-refractivity contribution is 0.669. The quantitative estimate of drug-likeness (QED) is 0.191. The summed E-state index contributed by atoms with van der Waals surface area (Å²) in [7, 11) is 0. The first-order valence-corrected chi connectivity index (χ1v) is 17.3. The van der Waals surface area contributed by atoms with E-state index in [0.717, 1.165) is 44.6 Å². The van der Waals surface area contributed by atoms with E-state index < -0.39 is 0 Å². The molecule has 0 bridgehead atoms. The van der Waals surface area contributed by atoms with Crippen LogP contribution in [-0.4, -0.2) is 9.97 Å². The smallest absolute Gasteiger partial charge is 0.160 e. The van der Waals surface area contributed by atoms with Crippen molar-refractivity contribution in [3.05, 3.63) is 170 Å². The molecule has 0 atom stereocenters. The molecule has 3 heteroatoms. The second kappa shape index (κ2) is 10.8. The van der Waals surface area contributed by atoms with E-state index in [0.29, 0.717) is 5.82 Å². The summed E-state index contributed by atoms with van der Waals surface area (Å²) in [4.78, 5) is 10.4. The predicted octanol–water partition coefficient (Wildman–Crippen LogP) is 13.0. The Kier molecular flexibility index (Phi) is 5.96. The van der Waals surface area contributed by atoms with Gasteiger partial charge in [-0.1, -0.05) is 146 Å². The molecule has 236 valence electrons. The fraction of sp³-hybridized carbons (Fsp3) is 0. The molecule has 0 N–H and O–H groups in total. The number of para-hydroxylation sites is 1. The molecule has 0 aliphatic heterocycles. The zero-order valence-corrected chi connectivity index (χ0v) is 27.5. The molecule has 0 saturated carbocycles. The summed E-state index contributed by atoms with van der Waals surface area (Å²) >= 11 is 0. The van der Waals surface area contributed by atoms with E-state index >= 15 is 0 Å². The summed E-state index contributed by atoms with van der Waals surface area (Å²) < 4.78 is 6.42. The van der Waals surface area contributed by atoms with Crippen LogP contribution in [0.15, 0.2) is 174 Å². The van der Waals surface area contributed by atoms with E-state index in [1.54, 1.807) is 0 Å². The monoisotopic (exact) mass is 648 g/mol. The molecule has 1 aliphatic carbocycles. The Bertz CT molecular complexity index is 3010. The number of benzene rings is 8. The summed E-state index contributed by atoms with van der Waals surface area (Å²) in [5.74, 6) is 0.698. The first-order valence-electron chi connectivity index (χ1n) is 17.3.